The molecule has 172 valence electrons. The van der Waals surface area contributed by atoms with Crippen molar-refractivity contribution in [1.82, 2.24) is 14.6 Å². The largest absolute Gasteiger partial charge is 0.361 e. The highest BCUT2D eigenvalue weighted by atomic mass is 16.5. The van der Waals surface area contributed by atoms with E-state index in [4.69, 9.17) is 4.52 Å². The number of carbonyl (C=O) groups excluding carboxylic acids is 1. The van der Waals surface area contributed by atoms with Crippen LogP contribution >= 0.6 is 0 Å². The Morgan fingerprint density at radius 1 is 1.19 bits per heavy atom. The third-order valence-electron chi connectivity index (χ3n) is 8.87. The van der Waals surface area contributed by atoms with Gasteiger partial charge >= 0.3 is 0 Å². The lowest BCUT2D eigenvalue weighted by molar-refractivity contribution is -0.119. The summed E-state index contributed by atoms with van der Waals surface area (Å²) in [6.07, 6.45) is 15.7. The number of nitrogens with zero attached hydrogens (tertiary/aromatic N) is 3. The fraction of sp³-hybridized carbons (Fsp3) is 0.704. The molecule has 0 radical (unpaired) electrons. The van der Waals surface area contributed by atoms with E-state index in [1.807, 2.05) is 17.8 Å². The molecule has 3 aliphatic carbocycles. The molecule has 4 fully saturated rings. The Hall–Kier alpha value is -1.88. The zero-order chi connectivity index (χ0) is 21.7. The van der Waals surface area contributed by atoms with E-state index >= 15 is 0 Å². The van der Waals surface area contributed by atoms with Crippen LogP contribution < -0.4 is 0 Å². The summed E-state index contributed by atoms with van der Waals surface area (Å²) in [7, 11) is 2.01. The first-order valence-electron chi connectivity index (χ1n) is 12.9. The van der Waals surface area contributed by atoms with Gasteiger partial charge in [-0.25, -0.2) is 0 Å². The first kappa shape index (κ1) is 20.7. The molecule has 2 aromatic rings. The molecule has 0 aromatic carbocycles. The lowest BCUT2D eigenvalue weighted by Gasteiger charge is -2.30. The van der Waals surface area contributed by atoms with Gasteiger partial charge < -0.3 is 14.0 Å². The summed E-state index contributed by atoms with van der Waals surface area (Å²) in [5.41, 5.74) is 2.71. The van der Waals surface area contributed by atoms with Gasteiger partial charge in [-0.05, 0) is 74.5 Å². The molecule has 32 heavy (non-hydrogen) atoms. The Kier molecular flexibility index (Phi) is 5.28. The van der Waals surface area contributed by atoms with Crippen molar-refractivity contribution in [3.63, 3.8) is 0 Å². The number of aryl methyl sites for hydroxylation is 1. The summed E-state index contributed by atoms with van der Waals surface area (Å²) in [5.74, 6) is 4.46. The smallest absolute Gasteiger partial charge is 0.140 e. The van der Waals surface area contributed by atoms with Gasteiger partial charge in [0.2, 0.25) is 0 Å². The number of likely N-dealkylation sites (tertiary alicyclic amines) is 1. The lowest BCUT2D eigenvalue weighted by atomic mass is 9.78. The minimum Gasteiger partial charge on any atom is -0.361 e. The number of Topliss-reactive ketones (excluding diaryl/α,β-unsaturated/α-hetero) is 1. The van der Waals surface area contributed by atoms with Crippen molar-refractivity contribution in [2.75, 3.05) is 19.6 Å². The summed E-state index contributed by atoms with van der Waals surface area (Å²) in [6.45, 7) is 3.65. The van der Waals surface area contributed by atoms with Crippen LogP contribution in [0.3, 0.4) is 0 Å². The minimum atomic E-state index is 0.313. The highest BCUT2D eigenvalue weighted by Gasteiger charge is 2.62. The van der Waals surface area contributed by atoms with Crippen molar-refractivity contribution < 1.29 is 9.32 Å². The Balaban J connectivity index is 0.921. The molecule has 0 spiro atoms. The zero-order valence-electron chi connectivity index (χ0n) is 19.5. The second kappa shape index (κ2) is 8.16. The van der Waals surface area contributed by atoms with E-state index in [9.17, 15) is 4.79 Å². The Bertz CT molecular complexity index is 965. The number of ketones is 1. The first-order valence-corrected chi connectivity index (χ1v) is 12.9. The van der Waals surface area contributed by atoms with Crippen LogP contribution in [-0.4, -0.2) is 40.0 Å². The van der Waals surface area contributed by atoms with Crippen LogP contribution in [0.4, 0.5) is 0 Å². The fourth-order valence-electron chi connectivity index (χ4n) is 6.61. The van der Waals surface area contributed by atoms with Crippen LogP contribution in [0.1, 0.15) is 80.7 Å². The number of hydrogen-bond donors (Lipinski definition) is 0. The van der Waals surface area contributed by atoms with E-state index in [1.165, 1.54) is 76.7 Å². The minimum absolute atomic E-state index is 0.313. The van der Waals surface area contributed by atoms with Gasteiger partial charge in [0.25, 0.3) is 0 Å². The molecule has 5 heteroatoms. The van der Waals surface area contributed by atoms with Gasteiger partial charge in [0, 0.05) is 62.8 Å². The molecule has 4 aliphatic rings. The van der Waals surface area contributed by atoms with Crippen LogP contribution in [0, 0.1) is 17.8 Å². The number of rotatable bonds is 9. The van der Waals surface area contributed by atoms with E-state index in [0.717, 1.165) is 29.6 Å². The van der Waals surface area contributed by atoms with Gasteiger partial charge in [0.1, 0.15) is 11.5 Å². The molecule has 6 rings (SSSR count). The Morgan fingerprint density at radius 2 is 2.00 bits per heavy atom. The highest BCUT2D eigenvalue weighted by molar-refractivity contribution is 5.81. The van der Waals surface area contributed by atoms with Crippen molar-refractivity contribution in [2.45, 2.75) is 75.5 Å². The summed E-state index contributed by atoms with van der Waals surface area (Å²) in [4.78, 5) is 15.2. The van der Waals surface area contributed by atoms with Crippen LogP contribution in [0.15, 0.2) is 29.0 Å². The maximum Gasteiger partial charge on any atom is 0.140 e. The lowest BCUT2D eigenvalue weighted by Crippen LogP contribution is -2.29. The zero-order valence-corrected chi connectivity index (χ0v) is 19.5. The number of piperidine rings is 1. The molecule has 0 unspecified atom stereocenters. The fourth-order valence-corrected chi connectivity index (χ4v) is 6.61. The highest BCUT2D eigenvalue weighted by Crippen LogP contribution is 2.59. The molecular weight excluding hydrogens is 398 g/mol. The summed E-state index contributed by atoms with van der Waals surface area (Å²) in [6, 6.07) is 4.34. The molecule has 3 saturated carbocycles. The molecule has 0 N–H and O–H groups in total. The molecule has 0 bridgehead atoms. The number of carbonyl (C=O) groups is 1. The van der Waals surface area contributed by atoms with E-state index in [0.29, 0.717) is 29.5 Å². The van der Waals surface area contributed by atoms with Gasteiger partial charge in [-0.3, -0.25) is 4.79 Å². The molecule has 1 aliphatic heterocycles. The Labute approximate surface area is 191 Å². The maximum absolute atomic E-state index is 12.5. The third-order valence-corrected chi connectivity index (χ3v) is 8.87. The standard InChI is InChI=1S/C27H37N3O2/c1-29-10-8-21(16-29)13-24(31)12-20-4-2-19(3-5-20)9-11-30-17-23-15-27(23,18-30)26-14-25(32-28-26)22-6-7-22/h8,10,14,16,19-20,22-23H,2-7,9,11-13,15,17-18H2,1H3/t19?,20?,23-,27-/m0/s1. The molecule has 3 heterocycles. The predicted molar refractivity (Wildman–Crippen MR) is 124 cm³/mol. The first-order chi connectivity index (χ1) is 15.6. The van der Waals surface area contributed by atoms with E-state index < -0.39 is 0 Å². The number of fused-ring (bicyclic) bond motifs is 1. The summed E-state index contributed by atoms with van der Waals surface area (Å²) >= 11 is 0. The van der Waals surface area contributed by atoms with Crippen molar-refractivity contribution in [3.8, 4) is 0 Å². The second-order valence-electron chi connectivity index (χ2n) is 11.5. The average Bonchev–Trinajstić information content (AvgIpc) is 3.59. The summed E-state index contributed by atoms with van der Waals surface area (Å²) < 4.78 is 7.69. The van der Waals surface area contributed by atoms with E-state index in [1.54, 1.807) is 0 Å². The average molecular weight is 436 g/mol. The molecule has 2 atom stereocenters. The SMILES string of the molecule is Cn1ccc(CC(=O)CC2CCC(CCN3C[C@@H]4C[C@]4(c4cc(C5CC5)on4)C3)CC2)c1. The van der Waals surface area contributed by atoms with Crippen molar-refractivity contribution >= 4 is 5.78 Å². The normalized spacial score (nSPS) is 32.2. The van der Waals surface area contributed by atoms with Crippen molar-refractivity contribution in [1.29, 1.82) is 0 Å². The number of aromatic nitrogens is 2. The van der Waals surface area contributed by atoms with Crippen molar-refractivity contribution in [2.24, 2.45) is 24.8 Å². The predicted octanol–water partition coefficient (Wildman–Crippen LogP) is 4.86. The number of hydrogen-bond acceptors (Lipinski definition) is 4. The summed E-state index contributed by atoms with van der Waals surface area (Å²) in [5, 5.41) is 4.49. The molecular formula is C27H37N3O2. The molecule has 0 amide bonds. The maximum atomic E-state index is 12.5. The Morgan fingerprint density at radius 3 is 2.75 bits per heavy atom. The quantitative estimate of drug-likeness (QED) is 0.564. The van der Waals surface area contributed by atoms with Gasteiger partial charge in [0.15, 0.2) is 0 Å². The van der Waals surface area contributed by atoms with E-state index in [2.05, 4.69) is 28.4 Å². The van der Waals surface area contributed by atoms with Gasteiger partial charge in [0.05, 0.1) is 5.69 Å². The second-order valence-corrected chi connectivity index (χ2v) is 11.5. The van der Waals surface area contributed by atoms with Crippen LogP contribution in [0.2, 0.25) is 0 Å². The van der Waals surface area contributed by atoms with Crippen molar-refractivity contribution in [3.05, 3.63) is 41.5 Å². The van der Waals surface area contributed by atoms with Crippen LogP contribution in [0.5, 0.6) is 0 Å². The van der Waals surface area contributed by atoms with Crippen LogP contribution in [-0.2, 0) is 23.7 Å². The molecule has 5 nitrogen and oxygen atoms in total. The third kappa shape index (κ3) is 4.21. The molecule has 2 aromatic heterocycles. The monoisotopic (exact) mass is 435 g/mol. The van der Waals surface area contributed by atoms with Gasteiger partial charge in [-0.2, -0.15) is 0 Å². The topological polar surface area (TPSA) is 51.3 Å². The van der Waals surface area contributed by atoms with Gasteiger partial charge in [-0.15, -0.1) is 0 Å². The molecule has 1 saturated heterocycles. The van der Waals surface area contributed by atoms with Gasteiger partial charge in [-0.1, -0.05) is 18.0 Å². The van der Waals surface area contributed by atoms with Crippen LogP contribution in [0.25, 0.3) is 0 Å². The van der Waals surface area contributed by atoms with E-state index in [-0.39, 0.29) is 0 Å².